The van der Waals surface area contributed by atoms with Gasteiger partial charge >= 0.3 is 0 Å². The number of ketones is 1. The Bertz CT molecular complexity index is 1070. The molecule has 144 valence electrons. The Labute approximate surface area is 160 Å². The van der Waals surface area contributed by atoms with Gasteiger partial charge in [0.2, 0.25) is 5.92 Å². The lowest BCUT2D eigenvalue weighted by molar-refractivity contribution is -0.147. The minimum absolute atomic E-state index is 0.0516. The van der Waals surface area contributed by atoms with Crippen LogP contribution in [-0.2, 0) is 24.2 Å². The molecule has 1 fully saturated rings. The lowest BCUT2D eigenvalue weighted by Gasteiger charge is -2.33. The lowest BCUT2D eigenvalue weighted by Crippen LogP contribution is -2.40. The molecule has 5 nitrogen and oxygen atoms in total. The van der Waals surface area contributed by atoms with Gasteiger partial charge in [-0.3, -0.25) is 4.79 Å². The number of aromatic nitrogens is 4. The molecule has 0 saturated heterocycles. The molecular formula is C21H20F2N4O. The maximum absolute atomic E-state index is 13.0. The molecule has 0 N–H and O–H groups in total. The molecule has 0 amide bonds. The molecule has 2 aliphatic rings. The molecule has 1 aliphatic carbocycles. The summed E-state index contributed by atoms with van der Waals surface area (Å²) in [5.74, 6) is -2.30. The van der Waals surface area contributed by atoms with Crippen LogP contribution in [0, 0.1) is 5.92 Å². The summed E-state index contributed by atoms with van der Waals surface area (Å²) in [5.41, 5.74) is 3.41. The third kappa shape index (κ3) is 3.08. The summed E-state index contributed by atoms with van der Waals surface area (Å²) in [6.07, 6.45) is 4.61. The molecule has 5 rings (SSSR count). The van der Waals surface area contributed by atoms with Crippen LogP contribution in [-0.4, -0.2) is 31.5 Å². The van der Waals surface area contributed by atoms with Crippen LogP contribution >= 0.6 is 0 Å². The lowest BCUT2D eigenvalue weighted by atomic mass is 9.77. The van der Waals surface area contributed by atoms with E-state index in [-0.39, 0.29) is 25.0 Å². The predicted octanol–water partition coefficient (Wildman–Crippen LogP) is 3.99. The van der Waals surface area contributed by atoms with E-state index in [0.29, 0.717) is 5.69 Å². The SMILES string of the molecule is O=C(Cc1cc2cc(-c3cnc4n3CCCC4)ccc2nn1)C1CC(F)(F)C1. The Morgan fingerprint density at radius 1 is 1.18 bits per heavy atom. The first-order valence-corrected chi connectivity index (χ1v) is 9.70. The molecule has 3 heterocycles. The van der Waals surface area contributed by atoms with Crippen molar-refractivity contribution in [3.8, 4) is 11.3 Å². The number of carbonyl (C=O) groups excluding carboxylic acids is 1. The Kier molecular flexibility index (Phi) is 4.00. The van der Waals surface area contributed by atoms with E-state index in [9.17, 15) is 13.6 Å². The normalized spacial score (nSPS) is 18.6. The van der Waals surface area contributed by atoms with Crippen molar-refractivity contribution in [3.05, 3.63) is 42.0 Å². The zero-order chi connectivity index (χ0) is 19.3. The van der Waals surface area contributed by atoms with E-state index in [4.69, 9.17) is 0 Å². The Morgan fingerprint density at radius 3 is 2.86 bits per heavy atom. The van der Waals surface area contributed by atoms with Crippen molar-refractivity contribution in [2.45, 2.75) is 51.0 Å². The van der Waals surface area contributed by atoms with E-state index in [2.05, 4.69) is 19.7 Å². The van der Waals surface area contributed by atoms with Gasteiger partial charge in [-0.1, -0.05) is 6.07 Å². The van der Waals surface area contributed by atoms with Crippen molar-refractivity contribution < 1.29 is 13.6 Å². The zero-order valence-electron chi connectivity index (χ0n) is 15.4. The topological polar surface area (TPSA) is 60.7 Å². The second kappa shape index (κ2) is 6.43. The van der Waals surface area contributed by atoms with Crippen molar-refractivity contribution in [2.24, 2.45) is 5.92 Å². The average Bonchev–Trinajstić information content (AvgIpc) is 3.09. The number of imidazole rings is 1. The van der Waals surface area contributed by atoms with Crippen LogP contribution in [0.5, 0.6) is 0 Å². The number of fused-ring (bicyclic) bond motifs is 2. The van der Waals surface area contributed by atoms with Gasteiger partial charge in [-0.2, -0.15) is 10.2 Å². The summed E-state index contributed by atoms with van der Waals surface area (Å²) >= 11 is 0. The molecule has 3 aromatic rings. The first kappa shape index (κ1) is 17.4. The second-order valence-corrected chi connectivity index (χ2v) is 7.88. The first-order valence-electron chi connectivity index (χ1n) is 9.70. The number of Topliss-reactive ketones (excluding diaryl/α,β-unsaturated/α-hetero) is 1. The van der Waals surface area contributed by atoms with Crippen LogP contribution in [0.2, 0.25) is 0 Å². The molecule has 1 aliphatic heterocycles. The number of aryl methyl sites for hydroxylation is 1. The quantitative estimate of drug-likeness (QED) is 0.685. The van der Waals surface area contributed by atoms with Crippen LogP contribution in [0.3, 0.4) is 0 Å². The van der Waals surface area contributed by atoms with E-state index in [0.717, 1.165) is 47.4 Å². The Hall–Kier alpha value is -2.70. The number of nitrogens with zero attached hydrogens (tertiary/aromatic N) is 4. The standard InChI is InChI=1S/C21H20F2N4O/c22-21(23)10-15(11-21)19(28)9-16-8-14-7-13(4-5-17(14)26-25-16)18-12-24-20-3-1-2-6-27(18)20/h4-5,7-8,12,15H,1-3,6,9-11H2. The highest BCUT2D eigenvalue weighted by molar-refractivity contribution is 5.87. The molecule has 1 aromatic carbocycles. The van der Waals surface area contributed by atoms with Gasteiger partial charge in [0.25, 0.3) is 0 Å². The average molecular weight is 382 g/mol. The van der Waals surface area contributed by atoms with Gasteiger partial charge in [-0.05, 0) is 31.0 Å². The van der Waals surface area contributed by atoms with Gasteiger partial charge in [0.05, 0.1) is 29.5 Å². The first-order chi connectivity index (χ1) is 13.5. The minimum atomic E-state index is -2.69. The van der Waals surface area contributed by atoms with Crippen molar-refractivity contribution in [1.29, 1.82) is 0 Å². The van der Waals surface area contributed by atoms with E-state index in [1.165, 1.54) is 6.42 Å². The van der Waals surface area contributed by atoms with Crippen LogP contribution in [0.1, 0.15) is 37.2 Å². The monoisotopic (exact) mass is 382 g/mol. The number of halogens is 2. The number of carbonyl (C=O) groups is 1. The summed E-state index contributed by atoms with van der Waals surface area (Å²) in [6.45, 7) is 0.975. The summed E-state index contributed by atoms with van der Waals surface area (Å²) in [7, 11) is 0. The molecule has 2 aromatic heterocycles. The maximum Gasteiger partial charge on any atom is 0.249 e. The molecule has 1 saturated carbocycles. The fraction of sp³-hybridized carbons (Fsp3) is 0.429. The van der Waals surface area contributed by atoms with Crippen molar-refractivity contribution >= 4 is 16.7 Å². The molecule has 0 bridgehead atoms. The van der Waals surface area contributed by atoms with E-state index in [1.807, 2.05) is 30.5 Å². The highest BCUT2D eigenvalue weighted by Crippen LogP contribution is 2.43. The number of alkyl halides is 2. The third-order valence-corrected chi connectivity index (χ3v) is 5.80. The molecule has 0 atom stereocenters. The number of rotatable bonds is 4. The largest absolute Gasteiger partial charge is 0.328 e. The van der Waals surface area contributed by atoms with Gasteiger partial charge in [0.1, 0.15) is 11.6 Å². The summed E-state index contributed by atoms with van der Waals surface area (Å²) < 4.78 is 28.3. The van der Waals surface area contributed by atoms with Crippen molar-refractivity contribution in [3.63, 3.8) is 0 Å². The Morgan fingerprint density at radius 2 is 2.04 bits per heavy atom. The zero-order valence-corrected chi connectivity index (χ0v) is 15.4. The third-order valence-electron chi connectivity index (χ3n) is 5.80. The van der Waals surface area contributed by atoms with Gasteiger partial charge in [-0.15, -0.1) is 0 Å². The van der Waals surface area contributed by atoms with Gasteiger partial charge in [0, 0.05) is 42.7 Å². The second-order valence-electron chi connectivity index (χ2n) is 7.88. The van der Waals surface area contributed by atoms with Crippen LogP contribution in [0.15, 0.2) is 30.5 Å². The fourth-order valence-electron chi connectivity index (χ4n) is 4.19. The van der Waals surface area contributed by atoms with Crippen LogP contribution in [0.25, 0.3) is 22.2 Å². The van der Waals surface area contributed by atoms with Crippen LogP contribution in [0.4, 0.5) is 8.78 Å². The maximum atomic E-state index is 13.0. The minimum Gasteiger partial charge on any atom is -0.328 e. The summed E-state index contributed by atoms with van der Waals surface area (Å²) in [5, 5.41) is 9.20. The number of hydrogen-bond acceptors (Lipinski definition) is 4. The van der Waals surface area contributed by atoms with Crippen LogP contribution < -0.4 is 0 Å². The highest BCUT2D eigenvalue weighted by Gasteiger charge is 2.48. The van der Waals surface area contributed by atoms with Gasteiger partial charge < -0.3 is 4.57 Å². The molecule has 7 heteroatoms. The van der Waals surface area contributed by atoms with Gasteiger partial charge in [0.15, 0.2) is 0 Å². The summed E-state index contributed by atoms with van der Waals surface area (Å²) in [4.78, 5) is 16.8. The van der Waals surface area contributed by atoms with Crippen molar-refractivity contribution in [1.82, 2.24) is 19.7 Å². The molecule has 0 spiro atoms. The van der Waals surface area contributed by atoms with E-state index < -0.39 is 11.8 Å². The smallest absolute Gasteiger partial charge is 0.249 e. The summed E-state index contributed by atoms with van der Waals surface area (Å²) in [6, 6.07) is 7.80. The fourth-order valence-corrected chi connectivity index (χ4v) is 4.19. The highest BCUT2D eigenvalue weighted by atomic mass is 19.3. The molecule has 0 radical (unpaired) electrons. The number of hydrogen-bond donors (Lipinski definition) is 0. The molecule has 0 unspecified atom stereocenters. The molecular weight excluding hydrogens is 362 g/mol. The Balaban J connectivity index is 1.42. The van der Waals surface area contributed by atoms with Gasteiger partial charge in [-0.25, -0.2) is 13.8 Å². The predicted molar refractivity (Wildman–Crippen MR) is 100 cm³/mol. The molecule has 28 heavy (non-hydrogen) atoms. The number of benzene rings is 1. The van der Waals surface area contributed by atoms with E-state index in [1.54, 1.807) is 0 Å². The van der Waals surface area contributed by atoms with Crippen molar-refractivity contribution in [2.75, 3.05) is 0 Å². The van der Waals surface area contributed by atoms with E-state index >= 15 is 0 Å².